The van der Waals surface area contributed by atoms with Crippen LogP contribution in [0.2, 0.25) is 15.1 Å². The fraction of sp³-hybridized carbons (Fsp3) is 0.0476. The van der Waals surface area contributed by atoms with Crippen molar-refractivity contribution in [1.82, 2.24) is 0 Å². The number of anilines is 2. The Morgan fingerprint density at radius 3 is 1.54 bits per heavy atom. The average molecular weight is 432 g/mol. The molecule has 0 aromatic heterocycles. The Balaban J connectivity index is 1.83. The smallest absolute Gasteiger partial charge is 0.277 e. The molecule has 1 atom stereocenters. The molecule has 4 rings (SSSR count). The number of urea groups is 1. The third-order valence-electron chi connectivity index (χ3n) is 4.49. The molecule has 3 amide bonds. The van der Waals surface area contributed by atoms with Gasteiger partial charge < -0.3 is 0 Å². The molecule has 28 heavy (non-hydrogen) atoms. The van der Waals surface area contributed by atoms with Gasteiger partial charge in [-0.05, 0) is 66.2 Å². The van der Waals surface area contributed by atoms with E-state index in [0.29, 0.717) is 32.0 Å². The molecule has 0 spiro atoms. The van der Waals surface area contributed by atoms with Gasteiger partial charge in [-0.15, -0.1) is 0 Å². The van der Waals surface area contributed by atoms with Crippen molar-refractivity contribution in [3.63, 3.8) is 0 Å². The summed E-state index contributed by atoms with van der Waals surface area (Å²) < 4.78 is 0. The maximum atomic E-state index is 13.3. The van der Waals surface area contributed by atoms with Crippen LogP contribution in [0.15, 0.2) is 72.8 Å². The van der Waals surface area contributed by atoms with Gasteiger partial charge in [0.1, 0.15) is 6.04 Å². The van der Waals surface area contributed by atoms with E-state index in [9.17, 15) is 9.59 Å². The molecule has 0 N–H and O–H groups in total. The van der Waals surface area contributed by atoms with Gasteiger partial charge in [0.05, 0.1) is 5.69 Å². The molecule has 0 saturated carbocycles. The molecule has 1 heterocycles. The Morgan fingerprint density at radius 1 is 0.607 bits per heavy atom. The van der Waals surface area contributed by atoms with Crippen molar-refractivity contribution in [3.05, 3.63) is 93.4 Å². The van der Waals surface area contributed by atoms with Crippen LogP contribution in [0, 0.1) is 0 Å². The summed E-state index contributed by atoms with van der Waals surface area (Å²) in [7, 11) is 0. The van der Waals surface area contributed by atoms with Crippen molar-refractivity contribution >= 4 is 58.1 Å². The number of hydrogen-bond acceptors (Lipinski definition) is 2. The average Bonchev–Trinajstić information content (AvgIpc) is 2.94. The molecule has 0 aliphatic carbocycles. The summed E-state index contributed by atoms with van der Waals surface area (Å²) in [6.07, 6.45) is 0. The number of rotatable bonds is 3. The van der Waals surface area contributed by atoms with Crippen LogP contribution in [0.5, 0.6) is 0 Å². The summed E-state index contributed by atoms with van der Waals surface area (Å²) in [5.74, 6) is -0.357. The van der Waals surface area contributed by atoms with Crippen LogP contribution in [0.4, 0.5) is 16.2 Å². The largest absolute Gasteiger partial charge is 0.336 e. The van der Waals surface area contributed by atoms with E-state index in [1.54, 1.807) is 72.8 Å². The number of benzene rings is 3. The normalized spacial score (nSPS) is 16.8. The second kappa shape index (κ2) is 7.47. The molecule has 3 aromatic rings. The van der Waals surface area contributed by atoms with Gasteiger partial charge in [0, 0.05) is 20.8 Å². The summed E-state index contributed by atoms with van der Waals surface area (Å²) in [4.78, 5) is 29.2. The first-order chi connectivity index (χ1) is 13.5. The fourth-order valence-electron chi connectivity index (χ4n) is 3.17. The highest BCUT2D eigenvalue weighted by molar-refractivity contribution is 6.32. The zero-order valence-corrected chi connectivity index (χ0v) is 16.6. The van der Waals surface area contributed by atoms with Gasteiger partial charge in [-0.3, -0.25) is 9.69 Å². The molecule has 140 valence electrons. The SMILES string of the molecule is O=C1C(c2ccc(Cl)cc2)N(c2ccc(Cl)cc2)C(=O)N1c1ccc(Cl)cc1. The summed E-state index contributed by atoms with van der Waals surface area (Å²) in [5, 5.41) is 1.61. The number of imide groups is 1. The number of nitrogens with zero attached hydrogens (tertiary/aromatic N) is 2. The van der Waals surface area contributed by atoms with Crippen molar-refractivity contribution in [3.8, 4) is 0 Å². The van der Waals surface area contributed by atoms with E-state index < -0.39 is 12.1 Å². The maximum absolute atomic E-state index is 13.3. The molecular formula is C21H13Cl3N2O2. The van der Waals surface area contributed by atoms with E-state index in [1.807, 2.05) is 0 Å². The highest BCUT2D eigenvalue weighted by Crippen LogP contribution is 2.38. The molecule has 1 fully saturated rings. The predicted octanol–water partition coefficient (Wildman–Crippen LogP) is 6.36. The topological polar surface area (TPSA) is 40.6 Å². The molecular weight excluding hydrogens is 419 g/mol. The van der Waals surface area contributed by atoms with Gasteiger partial charge >= 0.3 is 6.03 Å². The lowest BCUT2D eigenvalue weighted by Crippen LogP contribution is -2.33. The number of amides is 3. The molecule has 4 nitrogen and oxygen atoms in total. The zero-order valence-electron chi connectivity index (χ0n) is 14.4. The van der Waals surface area contributed by atoms with Gasteiger partial charge in [0.25, 0.3) is 5.91 Å². The van der Waals surface area contributed by atoms with Crippen molar-refractivity contribution in [2.45, 2.75) is 6.04 Å². The van der Waals surface area contributed by atoms with Crippen molar-refractivity contribution < 1.29 is 9.59 Å². The van der Waals surface area contributed by atoms with E-state index in [-0.39, 0.29) is 5.91 Å². The molecule has 0 radical (unpaired) electrons. The summed E-state index contributed by atoms with van der Waals surface area (Å²) in [5.41, 5.74) is 1.68. The number of carbonyl (C=O) groups excluding carboxylic acids is 2. The molecule has 7 heteroatoms. The lowest BCUT2D eigenvalue weighted by molar-refractivity contribution is -0.118. The van der Waals surface area contributed by atoms with Crippen LogP contribution in [0.3, 0.4) is 0 Å². The summed E-state index contributed by atoms with van der Waals surface area (Å²) >= 11 is 17.9. The number of halogens is 3. The van der Waals surface area contributed by atoms with E-state index >= 15 is 0 Å². The first-order valence-electron chi connectivity index (χ1n) is 8.39. The van der Waals surface area contributed by atoms with Crippen LogP contribution in [-0.2, 0) is 4.79 Å². The number of hydrogen-bond donors (Lipinski definition) is 0. The fourth-order valence-corrected chi connectivity index (χ4v) is 3.55. The van der Waals surface area contributed by atoms with Crippen molar-refractivity contribution in [2.75, 3.05) is 9.80 Å². The quantitative estimate of drug-likeness (QED) is 0.453. The minimum absolute atomic E-state index is 0.357. The minimum Gasteiger partial charge on any atom is -0.277 e. The maximum Gasteiger partial charge on any atom is 0.336 e. The second-order valence-electron chi connectivity index (χ2n) is 6.23. The lowest BCUT2D eigenvalue weighted by Gasteiger charge is -2.22. The van der Waals surface area contributed by atoms with Gasteiger partial charge in [-0.2, -0.15) is 0 Å². The standard InChI is InChI=1S/C21H13Cl3N2O2/c22-14-3-1-13(2-4-14)19-20(27)26(18-11-7-16(24)8-12-18)21(28)25(19)17-9-5-15(23)6-10-17/h1-12,19H. The predicted molar refractivity (Wildman–Crippen MR) is 112 cm³/mol. The lowest BCUT2D eigenvalue weighted by atomic mass is 10.1. The Bertz CT molecular complexity index is 971. The van der Waals surface area contributed by atoms with Crippen LogP contribution in [-0.4, -0.2) is 11.9 Å². The highest BCUT2D eigenvalue weighted by atomic mass is 35.5. The van der Waals surface area contributed by atoms with Gasteiger partial charge in [0.15, 0.2) is 0 Å². The van der Waals surface area contributed by atoms with Crippen LogP contribution < -0.4 is 9.80 Å². The first-order valence-corrected chi connectivity index (χ1v) is 9.53. The highest BCUT2D eigenvalue weighted by Gasteiger charge is 2.47. The van der Waals surface area contributed by atoms with E-state index in [4.69, 9.17) is 34.8 Å². The van der Waals surface area contributed by atoms with Crippen LogP contribution >= 0.6 is 34.8 Å². The molecule has 1 aliphatic rings. The van der Waals surface area contributed by atoms with Gasteiger partial charge in [-0.25, -0.2) is 9.69 Å². The Labute approximate surface area is 176 Å². The van der Waals surface area contributed by atoms with Gasteiger partial charge in [-0.1, -0.05) is 46.9 Å². The Kier molecular flexibility index (Phi) is 5.02. The zero-order chi connectivity index (χ0) is 19.8. The minimum atomic E-state index is -0.818. The van der Waals surface area contributed by atoms with E-state index in [2.05, 4.69) is 0 Å². The van der Waals surface area contributed by atoms with Crippen LogP contribution in [0.1, 0.15) is 11.6 Å². The summed E-state index contributed by atoms with van der Waals surface area (Å²) in [6, 6.07) is 18.9. The molecule has 0 bridgehead atoms. The van der Waals surface area contributed by atoms with Crippen LogP contribution in [0.25, 0.3) is 0 Å². The van der Waals surface area contributed by atoms with E-state index in [1.165, 1.54) is 4.90 Å². The summed E-state index contributed by atoms with van der Waals surface area (Å²) in [6.45, 7) is 0. The first kappa shape index (κ1) is 18.8. The van der Waals surface area contributed by atoms with Gasteiger partial charge in [0.2, 0.25) is 0 Å². The molecule has 1 unspecified atom stereocenters. The monoisotopic (exact) mass is 430 g/mol. The molecule has 3 aromatic carbocycles. The molecule has 1 saturated heterocycles. The van der Waals surface area contributed by atoms with Crippen molar-refractivity contribution in [2.24, 2.45) is 0 Å². The third kappa shape index (κ3) is 3.35. The van der Waals surface area contributed by atoms with Crippen molar-refractivity contribution in [1.29, 1.82) is 0 Å². The van der Waals surface area contributed by atoms with E-state index in [0.717, 1.165) is 4.90 Å². The second-order valence-corrected chi connectivity index (χ2v) is 7.54. The Morgan fingerprint density at radius 2 is 1.04 bits per heavy atom. The Hall–Kier alpha value is -2.53. The number of carbonyl (C=O) groups is 2. The third-order valence-corrected chi connectivity index (χ3v) is 5.24. The molecule has 1 aliphatic heterocycles.